The lowest BCUT2D eigenvalue weighted by Gasteiger charge is -2.22. The fourth-order valence-corrected chi connectivity index (χ4v) is 1.27. The van der Waals surface area contributed by atoms with E-state index in [0.717, 1.165) is 19.3 Å². The summed E-state index contributed by atoms with van der Waals surface area (Å²) in [5.74, 6) is 0.319. The molecule has 1 aromatic rings. The van der Waals surface area contributed by atoms with Crippen LogP contribution in [0, 0.1) is 0 Å². The molecule has 0 spiro atoms. The molecule has 2 heteroatoms. The summed E-state index contributed by atoms with van der Waals surface area (Å²) in [6, 6.07) is 7.33. The smallest absolute Gasteiger partial charge is 0.115 e. The number of rotatable bonds is 4. The van der Waals surface area contributed by atoms with Crippen LogP contribution in [-0.4, -0.2) is 10.6 Å². The van der Waals surface area contributed by atoms with Gasteiger partial charge in [-0.3, -0.25) is 0 Å². The van der Waals surface area contributed by atoms with Crippen molar-refractivity contribution in [2.75, 3.05) is 0 Å². The third-order valence-corrected chi connectivity index (χ3v) is 2.73. The van der Waals surface area contributed by atoms with Crippen LogP contribution in [0.25, 0.3) is 0 Å². The van der Waals surface area contributed by atoms with Crippen molar-refractivity contribution in [2.45, 2.75) is 38.6 Å². The molecule has 1 aromatic carbocycles. The summed E-state index contributed by atoms with van der Waals surface area (Å²) >= 11 is 0. The maximum absolute atomic E-state index is 9.11. The highest BCUT2D eigenvalue weighted by atomic mass is 16.3. The molecule has 0 aliphatic heterocycles. The van der Waals surface area contributed by atoms with Gasteiger partial charge in [-0.15, -0.1) is 0 Å². The Morgan fingerprint density at radius 3 is 2.36 bits per heavy atom. The van der Waals surface area contributed by atoms with Gasteiger partial charge in [0.15, 0.2) is 0 Å². The molecule has 0 bridgehead atoms. The normalized spacial score (nSPS) is 15.1. The predicted octanol–water partition coefficient (Wildman–Crippen LogP) is 2.45. The van der Waals surface area contributed by atoms with Gasteiger partial charge in [0.1, 0.15) is 5.75 Å². The molecule has 3 N–H and O–H groups in total. The van der Waals surface area contributed by atoms with E-state index in [1.165, 1.54) is 5.56 Å². The Hall–Kier alpha value is -1.02. The summed E-state index contributed by atoms with van der Waals surface area (Å²) in [6.07, 6.45) is 2.94. The van der Waals surface area contributed by atoms with Crippen molar-refractivity contribution in [2.24, 2.45) is 5.73 Å². The molecule has 0 saturated carbocycles. The van der Waals surface area contributed by atoms with Crippen molar-refractivity contribution in [3.63, 3.8) is 0 Å². The molecule has 0 aliphatic carbocycles. The van der Waals surface area contributed by atoms with Crippen LogP contribution in [0.3, 0.4) is 0 Å². The van der Waals surface area contributed by atoms with Gasteiger partial charge in [0.05, 0.1) is 0 Å². The van der Waals surface area contributed by atoms with Gasteiger partial charge in [-0.05, 0) is 43.9 Å². The zero-order chi connectivity index (χ0) is 10.6. The fourth-order valence-electron chi connectivity index (χ4n) is 1.27. The molecular formula is C12H19NO. The van der Waals surface area contributed by atoms with E-state index in [2.05, 4.69) is 13.8 Å². The number of phenols is 1. The van der Waals surface area contributed by atoms with Crippen LogP contribution < -0.4 is 5.73 Å². The topological polar surface area (TPSA) is 46.2 Å². The molecule has 14 heavy (non-hydrogen) atoms. The van der Waals surface area contributed by atoms with Gasteiger partial charge in [0.2, 0.25) is 0 Å². The van der Waals surface area contributed by atoms with Crippen LogP contribution >= 0.6 is 0 Å². The molecule has 0 unspecified atom stereocenters. The van der Waals surface area contributed by atoms with Crippen LogP contribution in [0.5, 0.6) is 5.75 Å². The summed E-state index contributed by atoms with van der Waals surface area (Å²) in [5, 5.41) is 9.11. The van der Waals surface area contributed by atoms with E-state index in [1.54, 1.807) is 12.1 Å². The zero-order valence-corrected chi connectivity index (χ0v) is 8.96. The Labute approximate surface area is 85.8 Å². The molecule has 0 amide bonds. The van der Waals surface area contributed by atoms with Crippen molar-refractivity contribution in [1.29, 1.82) is 0 Å². The summed E-state index contributed by atoms with van der Waals surface area (Å²) in [7, 11) is 0. The average Bonchev–Trinajstić information content (AvgIpc) is 2.17. The Morgan fingerprint density at radius 1 is 1.29 bits per heavy atom. The number of benzene rings is 1. The lowest BCUT2D eigenvalue weighted by atomic mass is 9.92. The molecular weight excluding hydrogens is 174 g/mol. The van der Waals surface area contributed by atoms with Gasteiger partial charge in [-0.2, -0.15) is 0 Å². The number of aryl methyl sites for hydroxylation is 1. The third kappa shape index (κ3) is 3.38. The quantitative estimate of drug-likeness (QED) is 0.771. The monoisotopic (exact) mass is 193 g/mol. The third-order valence-electron chi connectivity index (χ3n) is 2.73. The minimum Gasteiger partial charge on any atom is -0.508 e. The summed E-state index contributed by atoms with van der Waals surface area (Å²) in [6.45, 7) is 4.18. The van der Waals surface area contributed by atoms with Crippen molar-refractivity contribution in [1.82, 2.24) is 0 Å². The van der Waals surface area contributed by atoms with E-state index in [0.29, 0.717) is 5.75 Å². The van der Waals surface area contributed by atoms with Gasteiger partial charge >= 0.3 is 0 Å². The van der Waals surface area contributed by atoms with E-state index < -0.39 is 0 Å². The molecule has 0 fully saturated rings. The van der Waals surface area contributed by atoms with Crippen LogP contribution in [-0.2, 0) is 6.42 Å². The standard InChI is InChI=1S/C12H19NO/c1-3-12(2,13)9-8-10-4-6-11(14)7-5-10/h4-7,14H,3,8-9,13H2,1-2H3/t12-/m0/s1. The van der Waals surface area contributed by atoms with E-state index in [-0.39, 0.29) is 5.54 Å². The summed E-state index contributed by atoms with van der Waals surface area (Å²) in [4.78, 5) is 0. The SMILES string of the molecule is CC[C@](C)(N)CCc1ccc(O)cc1. The van der Waals surface area contributed by atoms with Gasteiger partial charge in [-0.25, -0.2) is 0 Å². The Balaban J connectivity index is 2.50. The molecule has 1 atom stereocenters. The fraction of sp³-hybridized carbons (Fsp3) is 0.500. The van der Waals surface area contributed by atoms with E-state index in [4.69, 9.17) is 10.8 Å². The molecule has 0 radical (unpaired) electrons. The Bertz CT molecular complexity index is 277. The maximum Gasteiger partial charge on any atom is 0.115 e. The Kier molecular flexibility index (Phi) is 3.53. The number of phenolic OH excluding ortho intramolecular Hbond substituents is 1. The van der Waals surface area contributed by atoms with E-state index >= 15 is 0 Å². The van der Waals surface area contributed by atoms with E-state index in [1.807, 2.05) is 12.1 Å². The number of aromatic hydroxyl groups is 1. The number of nitrogens with two attached hydrogens (primary N) is 1. The van der Waals surface area contributed by atoms with Crippen LogP contribution in [0.1, 0.15) is 32.3 Å². The first-order valence-electron chi connectivity index (χ1n) is 5.10. The predicted molar refractivity (Wildman–Crippen MR) is 59.3 cm³/mol. The number of hydrogen-bond acceptors (Lipinski definition) is 2. The zero-order valence-electron chi connectivity index (χ0n) is 8.96. The largest absolute Gasteiger partial charge is 0.508 e. The average molecular weight is 193 g/mol. The minimum atomic E-state index is -0.0715. The number of hydrogen-bond donors (Lipinski definition) is 2. The second kappa shape index (κ2) is 4.47. The summed E-state index contributed by atoms with van der Waals surface area (Å²) < 4.78 is 0. The summed E-state index contributed by atoms with van der Waals surface area (Å²) in [5.41, 5.74) is 7.20. The lowest BCUT2D eigenvalue weighted by molar-refractivity contribution is 0.418. The van der Waals surface area contributed by atoms with Crippen molar-refractivity contribution >= 4 is 0 Å². The molecule has 1 rings (SSSR count). The molecule has 2 nitrogen and oxygen atoms in total. The van der Waals surface area contributed by atoms with Gasteiger partial charge in [0.25, 0.3) is 0 Å². The van der Waals surface area contributed by atoms with Crippen LogP contribution in [0.15, 0.2) is 24.3 Å². The van der Waals surface area contributed by atoms with Crippen LogP contribution in [0.2, 0.25) is 0 Å². The first-order valence-corrected chi connectivity index (χ1v) is 5.10. The molecule has 78 valence electrons. The second-order valence-electron chi connectivity index (χ2n) is 4.17. The highest BCUT2D eigenvalue weighted by molar-refractivity contribution is 5.26. The lowest BCUT2D eigenvalue weighted by Crippen LogP contribution is -2.35. The molecule has 0 saturated heterocycles. The highest BCUT2D eigenvalue weighted by Crippen LogP contribution is 2.16. The molecule has 0 heterocycles. The van der Waals surface area contributed by atoms with Gasteiger partial charge in [-0.1, -0.05) is 19.1 Å². The molecule has 0 aliphatic rings. The Morgan fingerprint density at radius 2 is 1.86 bits per heavy atom. The highest BCUT2D eigenvalue weighted by Gasteiger charge is 2.14. The maximum atomic E-state index is 9.11. The second-order valence-corrected chi connectivity index (χ2v) is 4.17. The first kappa shape index (κ1) is 11.1. The van der Waals surface area contributed by atoms with Crippen LogP contribution in [0.4, 0.5) is 0 Å². The van der Waals surface area contributed by atoms with Crippen molar-refractivity contribution in [3.8, 4) is 5.75 Å². The first-order chi connectivity index (χ1) is 6.53. The van der Waals surface area contributed by atoms with Gasteiger partial charge < -0.3 is 10.8 Å². The van der Waals surface area contributed by atoms with Crippen molar-refractivity contribution in [3.05, 3.63) is 29.8 Å². The molecule has 0 aromatic heterocycles. The van der Waals surface area contributed by atoms with Gasteiger partial charge in [0, 0.05) is 5.54 Å². The minimum absolute atomic E-state index is 0.0715. The van der Waals surface area contributed by atoms with Crippen molar-refractivity contribution < 1.29 is 5.11 Å². The van der Waals surface area contributed by atoms with E-state index in [9.17, 15) is 0 Å².